The fourth-order valence-electron chi connectivity index (χ4n) is 5.19. The van der Waals surface area contributed by atoms with Crippen molar-refractivity contribution in [2.45, 2.75) is 46.2 Å². The van der Waals surface area contributed by atoms with Crippen molar-refractivity contribution in [1.29, 1.82) is 0 Å². The van der Waals surface area contributed by atoms with Crippen molar-refractivity contribution in [2.75, 3.05) is 39.3 Å². The summed E-state index contributed by atoms with van der Waals surface area (Å²) in [5.41, 5.74) is 6.07. The molecule has 0 N–H and O–H groups in total. The van der Waals surface area contributed by atoms with E-state index in [1.54, 1.807) is 7.11 Å². The van der Waals surface area contributed by atoms with E-state index in [0.29, 0.717) is 17.4 Å². The fraction of sp³-hybridized carbons (Fsp3) is 0.448. The topological polar surface area (TPSA) is 50.7 Å². The minimum absolute atomic E-state index is 0.245. The first kappa shape index (κ1) is 24.8. The molecule has 1 aromatic heterocycles. The molecule has 0 atom stereocenters. The van der Waals surface area contributed by atoms with Gasteiger partial charge < -0.3 is 19.3 Å². The van der Waals surface area contributed by atoms with Crippen LogP contribution in [0.15, 0.2) is 36.4 Å². The van der Waals surface area contributed by atoms with Crippen molar-refractivity contribution in [3.63, 3.8) is 0 Å². The molecule has 5 rings (SSSR count). The lowest BCUT2D eigenvalue weighted by Crippen LogP contribution is -2.32. The Balaban J connectivity index is 1.53. The third-order valence-corrected chi connectivity index (χ3v) is 7.41. The van der Waals surface area contributed by atoms with Crippen LogP contribution in [-0.4, -0.2) is 49.2 Å². The summed E-state index contributed by atoms with van der Waals surface area (Å²) < 4.78 is 11.6. The third kappa shape index (κ3) is 5.16. The van der Waals surface area contributed by atoms with Gasteiger partial charge in [-0.2, -0.15) is 0 Å². The van der Waals surface area contributed by atoms with Crippen molar-refractivity contribution < 1.29 is 9.47 Å². The molecule has 0 unspecified atom stereocenters. The zero-order valence-electron chi connectivity index (χ0n) is 21.9. The number of ether oxygens (including phenoxy) is 2. The molecule has 190 valence electrons. The number of hydrogen-bond acceptors (Lipinski definition) is 6. The van der Waals surface area contributed by atoms with Gasteiger partial charge in [0.2, 0.25) is 0 Å². The molecular formula is C29H35ClN4O2. The summed E-state index contributed by atoms with van der Waals surface area (Å²) in [4.78, 5) is 14.6. The molecule has 2 aliphatic rings. The van der Waals surface area contributed by atoms with E-state index in [1.165, 1.54) is 11.3 Å². The number of methoxy groups -OCH3 is 1. The van der Waals surface area contributed by atoms with E-state index in [2.05, 4.69) is 55.9 Å². The lowest BCUT2D eigenvalue weighted by Gasteiger charge is -2.34. The number of fused-ring (bicyclic) bond motifs is 2. The molecule has 0 spiro atoms. The monoisotopic (exact) mass is 506 g/mol. The molecule has 0 saturated carbocycles. The first-order valence-electron chi connectivity index (χ1n) is 12.6. The van der Waals surface area contributed by atoms with Crippen LogP contribution in [0.2, 0.25) is 5.02 Å². The Kier molecular flexibility index (Phi) is 6.84. The van der Waals surface area contributed by atoms with Gasteiger partial charge in [0.25, 0.3) is 0 Å². The maximum absolute atomic E-state index is 6.26. The fourth-order valence-corrected chi connectivity index (χ4v) is 5.38. The zero-order chi connectivity index (χ0) is 25.4. The summed E-state index contributed by atoms with van der Waals surface area (Å²) in [6, 6.07) is 12.3. The molecular weight excluding hydrogens is 472 g/mol. The maximum atomic E-state index is 6.26. The molecule has 0 amide bonds. The van der Waals surface area contributed by atoms with Gasteiger partial charge in [0.1, 0.15) is 29.7 Å². The van der Waals surface area contributed by atoms with E-state index in [9.17, 15) is 0 Å². The predicted molar refractivity (Wildman–Crippen MR) is 145 cm³/mol. The van der Waals surface area contributed by atoms with Crippen LogP contribution in [0, 0.1) is 5.41 Å². The molecule has 36 heavy (non-hydrogen) atoms. The molecule has 2 aromatic carbocycles. The highest BCUT2D eigenvalue weighted by molar-refractivity contribution is 6.32. The molecule has 2 heterocycles. The Hall–Kier alpha value is -2.83. The summed E-state index contributed by atoms with van der Waals surface area (Å²) in [6.07, 6.45) is 3.15. The van der Waals surface area contributed by atoms with Crippen molar-refractivity contribution in [3.05, 3.63) is 64.1 Å². The van der Waals surface area contributed by atoms with Crippen LogP contribution in [0.3, 0.4) is 0 Å². The molecule has 0 fully saturated rings. The van der Waals surface area contributed by atoms with E-state index >= 15 is 0 Å². The highest BCUT2D eigenvalue weighted by atomic mass is 35.5. The number of benzene rings is 2. The van der Waals surface area contributed by atoms with Crippen LogP contribution < -0.4 is 14.4 Å². The van der Waals surface area contributed by atoms with E-state index in [4.69, 9.17) is 31.0 Å². The lowest BCUT2D eigenvalue weighted by molar-refractivity contribution is 0.308. The van der Waals surface area contributed by atoms with Crippen LogP contribution in [-0.2, 0) is 25.9 Å². The standard InChI is InChI=1S/C29H35ClN4O2/c1-29(2)11-10-24-22(16-29)28(32-27(31-24)18-33(3)4)34-12-13-36-25-9-7-19(14-21(25)17-34)20-6-8-23(30)26(15-20)35-5/h6-9,14-15H,10-13,16-18H2,1-5H3. The van der Waals surface area contributed by atoms with E-state index in [0.717, 1.165) is 73.0 Å². The highest BCUT2D eigenvalue weighted by Crippen LogP contribution is 2.39. The largest absolute Gasteiger partial charge is 0.495 e. The first-order valence-corrected chi connectivity index (χ1v) is 13.0. The Morgan fingerprint density at radius 3 is 2.67 bits per heavy atom. The average molecular weight is 507 g/mol. The molecule has 0 bridgehead atoms. The Morgan fingerprint density at radius 1 is 1.11 bits per heavy atom. The van der Waals surface area contributed by atoms with Gasteiger partial charge in [-0.1, -0.05) is 37.6 Å². The quantitative estimate of drug-likeness (QED) is 0.437. The second-order valence-electron chi connectivity index (χ2n) is 10.9. The second kappa shape index (κ2) is 9.91. The smallest absolute Gasteiger partial charge is 0.144 e. The van der Waals surface area contributed by atoms with E-state index in [1.807, 2.05) is 18.2 Å². The number of halogens is 1. The summed E-state index contributed by atoms with van der Waals surface area (Å²) in [5.74, 6) is 3.56. The summed E-state index contributed by atoms with van der Waals surface area (Å²) in [6.45, 7) is 7.56. The molecule has 0 radical (unpaired) electrons. The molecule has 7 heteroatoms. The van der Waals surface area contributed by atoms with Crippen LogP contribution >= 0.6 is 11.6 Å². The minimum Gasteiger partial charge on any atom is -0.495 e. The first-order chi connectivity index (χ1) is 17.2. The lowest BCUT2D eigenvalue weighted by atomic mass is 9.76. The summed E-state index contributed by atoms with van der Waals surface area (Å²) in [7, 11) is 5.77. The summed E-state index contributed by atoms with van der Waals surface area (Å²) >= 11 is 6.26. The van der Waals surface area contributed by atoms with E-state index < -0.39 is 0 Å². The van der Waals surface area contributed by atoms with Crippen molar-refractivity contribution in [2.24, 2.45) is 5.41 Å². The van der Waals surface area contributed by atoms with Crippen molar-refractivity contribution in [3.8, 4) is 22.6 Å². The average Bonchev–Trinajstić information content (AvgIpc) is 3.05. The zero-order valence-corrected chi connectivity index (χ0v) is 22.7. The number of hydrogen-bond donors (Lipinski definition) is 0. The second-order valence-corrected chi connectivity index (χ2v) is 11.3. The number of nitrogens with zero attached hydrogens (tertiary/aromatic N) is 4. The Labute approximate surface area is 219 Å². The normalized spacial score (nSPS) is 16.7. The van der Waals surface area contributed by atoms with Gasteiger partial charge in [0, 0.05) is 23.4 Å². The molecule has 0 saturated heterocycles. The van der Waals surface area contributed by atoms with Gasteiger partial charge in [-0.3, -0.25) is 0 Å². The number of aromatic nitrogens is 2. The SMILES string of the molecule is COc1cc(-c2ccc3c(c2)CN(c2nc(CN(C)C)nc4c2CC(C)(C)CC4)CCO3)ccc1Cl. The molecule has 3 aromatic rings. The maximum Gasteiger partial charge on any atom is 0.144 e. The molecule has 1 aliphatic heterocycles. The number of anilines is 1. The van der Waals surface area contributed by atoms with Crippen LogP contribution in [0.1, 0.15) is 42.9 Å². The predicted octanol–water partition coefficient (Wildman–Crippen LogP) is 5.78. The third-order valence-electron chi connectivity index (χ3n) is 7.09. The van der Waals surface area contributed by atoms with Crippen LogP contribution in [0.4, 0.5) is 5.82 Å². The van der Waals surface area contributed by atoms with Crippen LogP contribution in [0.25, 0.3) is 11.1 Å². The number of aryl methyl sites for hydroxylation is 1. The van der Waals surface area contributed by atoms with E-state index in [-0.39, 0.29) is 5.41 Å². The Morgan fingerprint density at radius 2 is 1.89 bits per heavy atom. The molecule has 6 nitrogen and oxygen atoms in total. The van der Waals surface area contributed by atoms with Gasteiger partial charge in [-0.25, -0.2) is 9.97 Å². The Bertz CT molecular complexity index is 1270. The van der Waals surface area contributed by atoms with Gasteiger partial charge in [0.15, 0.2) is 0 Å². The highest BCUT2D eigenvalue weighted by Gasteiger charge is 2.31. The molecule has 1 aliphatic carbocycles. The number of rotatable bonds is 5. The van der Waals surface area contributed by atoms with Gasteiger partial charge in [-0.05, 0) is 74.2 Å². The summed E-state index contributed by atoms with van der Waals surface area (Å²) in [5, 5.41) is 0.607. The minimum atomic E-state index is 0.245. The van der Waals surface area contributed by atoms with Crippen LogP contribution in [0.5, 0.6) is 11.5 Å². The van der Waals surface area contributed by atoms with Crippen molar-refractivity contribution >= 4 is 17.4 Å². The van der Waals surface area contributed by atoms with Crippen molar-refractivity contribution in [1.82, 2.24) is 14.9 Å². The van der Waals surface area contributed by atoms with Gasteiger partial charge in [-0.15, -0.1) is 0 Å². The van der Waals surface area contributed by atoms with Gasteiger partial charge >= 0.3 is 0 Å². The van der Waals surface area contributed by atoms with Gasteiger partial charge in [0.05, 0.1) is 25.2 Å².